The fourth-order valence-corrected chi connectivity index (χ4v) is 4.92. The highest BCUT2D eigenvalue weighted by molar-refractivity contribution is 7.89. The average molecular weight is 440 g/mol. The molecular formula is C23H22FN3O3S. The van der Waals surface area contributed by atoms with Gasteiger partial charge in [0.1, 0.15) is 5.82 Å². The molecule has 0 fully saturated rings. The van der Waals surface area contributed by atoms with Crippen molar-refractivity contribution in [3.8, 4) is 0 Å². The minimum atomic E-state index is -3.60. The second kappa shape index (κ2) is 8.49. The monoisotopic (exact) mass is 439 g/mol. The number of carbonyl (C=O) groups excluding carboxylic acids is 1. The van der Waals surface area contributed by atoms with E-state index in [-0.39, 0.29) is 17.3 Å². The maximum Gasteiger partial charge on any atom is 0.323 e. The van der Waals surface area contributed by atoms with E-state index in [2.05, 4.69) is 10.6 Å². The summed E-state index contributed by atoms with van der Waals surface area (Å²) in [6.45, 7) is 2.55. The van der Waals surface area contributed by atoms with Gasteiger partial charge in [0, 0.05) is 24.5 Å². The summed E-state index contributed by atoms with van der Waals surface area (Å²) in [5.41, 5.74) is 3.92. The molecule has 0 saturated heterocycles. The minimum absolute atomic E-state index is 0.237. The number of aryl methyl sites for hydroxylation is 1. The Morgan fingerprint density at radius 2 is 1.55 bits per heavy atom. The van der Waals surface area contributed by atoms with Crippen molar-refractivity contribution in [2.45, 2.75) is 24.8 Å². The zero-order valence-electron chi connectivity index (χ0n) is 16.9. The van der Waals surface area contributed by atoms with Crippen molar-refractivity contribution in [2.75, 3.05) is 17.2 Å². The van der Waals surface area contributed by atoms with Gasteiger partial charge in [0.25, 0.3) is 0 Å². The Morgan fingerprint density at radius 1 is 0.903 bits per heavy atom. The van der Waals surface area contributed by atoms with Gasteiger partial charge in [-0.1, -0.05) is 23.8 Å². The van der Waals surface area contributed by atoms with Crippen molar-refractivity contribution in [3.63, 3.8) is 0 Å². The van der Waals surface area contributed by atoms with Crippen molar-refractivity contribution < 1.29 is 17.6 Å². The SMILES string of the molecule is Cc1ccc(S(=O)(=O)N2CCc3ccc(NC(=O)Nc4ccc(F)cc4)cc3C2)cc1. The number of rotatable bonds is 4. The van der Waals surface area contributed by atoms with Crippen LogP contribution in [-0.4, -0.2) is 25.3 Å². The fourth-order valence-electron chi connectivity index (χ4n) is 3.50. The van der Waals surface area contributed by atoms with Gasteiger partial charge in [0.15, 0.2) is 0 Å². The van der Waals surface area contributed by atoms with Crippen LogP contribution in [0.4, 0.5) is 20.6 Å². The van der Waals surface area contributed by atoms with Crippen LogP contribution < -0.4 is 10.6 Å². The molecule has 0 saturated carbocycles. The number of hydrogen-bond acceptors (Lipinski definition) is 3. The Hall–Kier alpha value is -3.23. The summed E-state index contributed by atoms with van der Waals surface area (Å²) in [6, 6.07) is 17.3. The number of urea groups is 1. The molecule has 2 amide bonds. The molecule has 160 valence electrons. The number of nitrogens with one attached hydrogen (secondary N) is 2. The predicted molar refractivity (Wildman–Crippen MR) is 118 cm³/mol. The van der Waals surface area contributed by atoms with Gasteiger partial charge >= 0.3 is 6.03 Å². The van der Waals surface area contributed by atoms with Crippen molar-refractivity contribution in [2.24, 2.45) is 0 Å². The highest BCUT2D eigenvalue weighted by Gasteiger charge is 2.28. The molecule has 3 aromatic carbocycles. The van der Waals surface area contributed by atoms with E-state index in [1.807, 2.05) is 13.0 Å². The molecule has 0 bridgehead atoms. The topological polar surface area (TPSA) is 78.5 Å². The van der Waals surface area contributed by atoms with E-state index in [0.29, 0.717) is 24.3 Å². The molecule has 3 aromatic rings. The van der Waals surface area contributed by atoms with E-state index in [4.69, 9.17) is 0 Å². The Labute approximate surface area is 180 Å². The Kier molecular flexibility index (Phi) is 5.75. The molecule has 1 heterocycles. The second-order valence-electron chi connectivity index (χ2n) is 7.47. The molecule has 0 spiro atoms. The first-order valence-corrected chi connectivity index (χ1v) is 11.3. The molecule has 8 heteroatoms. The van der Waals surface area contributed by atoms with Crippen molar-refractivity contribution in [3.05, 3.63) is 89.2 Å². The lowest BCUT2D eigenvalue weighted by molar-refractivity contribution is 0.262. The largest absolute Gasteiger partial charge is 0.323 e. The van der Waals surface area contributed by atoms with E-state index in [1.165, 1.54) is 28.6 Å². The highest BCUT2D eigenvalue weighted by Crippen LogP contribution is 2.27. The third-order valence-corrected chi connectivity index (χ3v) is 7.06. The highest BCUT2D eigenvalue weighted by atomic mass is 32.2. The number of amides is 2. The molecule has 0 unspecified atom stereocenters. The molecule has 6 nitrogen and oxygen atoms in total. The fraction of sp³-hybridized carbons (Fsp3) is 0.174. The molecule has 0 aromatic heterocycles. The van der Waals surface area contributed by atoms with E-state index in [9.17, 15) is 17.6 Å². The number of fused-ring (bicyclic) bond motifs is 1. The van der Waals surface area contributed by atoms with Crippen LogP contribution in [0.1, 0.15) is 16.7 Å². The van der Waals surface area contributed by atoms with Crippen LogP contribution in [0.2, 0.25) is 0 Å². The lowest BCUT2D eigenvalue weighted by Crippen LogP contribution is -2.36. The standard InChI is InChI=1S/C23H22FN3O3S/c1-16-2-10-22(11-3-16)31(29,30)27-13-12-17-4-7-21(14-18(17)15-27)26-23(28)25-20-8-5-19(24)6-9-20/h2-11,14H,12-13,15H2,1H3,(H2,25,26,28). The van der Waals surface area contributed by atoms with Crippen molar-refractivity contribution in [1.29, 1.82) is 0 Å². The molecule has 1 aliphatic heterocycles. The van der Waals surface area contributed by atoms with Crippen LogP contribution in [0.5, 0.6) is 0 Å². The lowest BCUT2D eigenvalue weighted by atomic mass is 10.0. The maximum atomic E-state index is 13.0. The van der Waals surface area contributed by atoms with E-state index < -0.39 is 16.1 Å². The molecule has 0 aliphatic carbocycles. The minimum Gasteiger partial charge on any atom is -0.308 e. The molecule has 0 radical (unpaired) electrons. The number of halogens is 1. The van der Waals surface area contributed by atoms with Crippen LogP contribution in [0, 0.1) is 12.7 Å². The Balaban J connectivity index is 1.48. The summed E-state index contributed by atoms with van der Waals surface area (Å²) in [5.74, 6) is -0.384. The van der Waals surface area contributed by atoms with Gasteiger partial charge in [0.2, 0.25) is 10.0 Å². The van der Waals surface area contributed by atoms with Crippen LogP contribution in [0.15, 0.2) is 71.6 Å². The summed E-state index contributed by atoms with van der Waals surface area (Å²) in [7, 11) is -3.60. The number of nitrogens with zero attached hydrogens (tertiary/aromatic N) is 1. The van der Waals surface area contributed by atoms with Gasteiger partial charge in [-0.25, -0.2) is 17.6 Å². The smallest absolute Gasteiger partial charge is 0.308 e. The van der Waals surface area contributed by atoms with E-state index in [0.717, 1.165) is 16.7 Å². The zero-order chi connectivity index (χ0) is 22.0. The predicted octanol–water partition coefficient (Wildman–Crippen LogP) is 4.53. The summed E-state index contributed by atoms with van der Waals surface area (Å²) in [6.07, 6.45) is 0.600. The maximum absolute atomic E-state index is 13.0. The lowest BCUT2D eigenvalue weighted by Gasteiger charge is -2.28. The van der Waals surface area contributed by atoms with Gasteiger partial charge < -0.3 is 10.6 Å². The van der Waals surface area contributed by atoms with Gasteiger partial charge in [-0.2, -0.15) is 4.31 Å². The van der Waals surface area contributed by atoms with Crippen LogP contribution >= 0.6 is 0 Å². The number of hydrogen-bond donors (Lipinski definition) is 2. The average Bonchev–Trinajstić information content (AvgIpc) is 2.75. The van der Waals surface area contributed by atoms with Gasteiger partial charge in [0.05, 0.1) is 4.90 Å². The van der Waals surface area contributed by atoms with Gasteiger partial charge in [-0.3, -0.25) is 0 Å². The normalized spacial score (nSPS) is 14.0. The molecule has 1 aliphatic rings. The first kappa shape index (κ1) is 21.0. The summed E-state index contributed by atoms with van der Waals surface area (Å²) in [4.78, 5) is 12.5. The molecule has 4 rings (SSSR count). The summed E-state index contributed by atoms with van der Waals surface area (Å²) < 4.78 is 40.5. The van der Waals surface area contributed by atoms with Crippen molar-refractivity contribution >= 4 is 27.4 Å². The molecular weight excluding hydrogens is 417 g/mol. The summed E-state index contributed by atoms with van der Waals surface area (Å²) in [5, 5.41) is 5.37. The van der Waals surface area contributed by atoms with E-state index in [1.54, 1.807) is 36.4 Å². The summed E-state index contributed by atoms with van der Waals surface area (Å²) >= 11 is 0. The van der Waals surface area contributed by atoms with E-state index >= 15 is 0 Å². The van der Waals surface area contributed by atoms with Crippen LogP contribution in [0.25, 0.3) is 0 Å². The quantitative estimate of drug-likeness (QED) is 0.627. The number of benzene rings is 3. The van der Waals surface area contributed by atoms with Crippen LogP contribution in [0.3, 0.4) is 0 Å². The Morgan fingerprint density at radius 3 is 2.26 bits per heavy atom. The molecule has 2 N–H and O–H groups in total. The first-order chi connectivity index (χ1) is 14.8. The molecule has 31 heavy (non-hydrogen) atoms. The number of sulfonamides is 1. The van der Waals surface area contributed by atoms with Crippen molar-refractivity contribution in [1.82, 2.24) is 4.31 Å². The van der Waals surface area contributed by atoms with Gasteiger partial charge in [-0.05, 0) is 73.0 Å². The third-order valence-electron chi connectivity index (χ3n) is 5.20. The Bertz CT molecular complexity index is 1210. The number of carbonyl (C=O) groups is 1. The number of anilines is 2. The molecule has 0 atom stereocenters. The third kappa shape index (κ3) is 4.76. The second-order valence-corrected chi connectivity index (χ2v) is 9.41. The first-order valence-electron chi connectivity index (χ1n) is 9.83. The van der Waals surface area contributed by atoms with Gasteiger partial charge in [-0.15, -0.1) is 0 Å². The van der Waals surface area contributed by atoms with Crippen LogP contribution in [-0.2, 0) is 23.0 Å². The zero-order valence-corrected chi connectivity index (χ0v) is 17.7.